The van der Waals surface area contributed by atoms with Crippen molar-refractivity contribution in [2.75, 3.05) is 38.1 Å². The quantitative estimate of drug-likeness (QED) is 0.535. The second-order valence-corrected chi connectivity index (χ2v) is 9.08. The smallest absolute Gasteiger partial charge is 0.321 e. The Morgan fingerprint density at radius 2 is 1.63 bits per heavy atom. The van der Waals surface area contributed by atoms with Crippen molar-refractivity contribution in [2.24, 2.45) is 5.92 Å². The van der Waals surface area contributed by atoms with Crippen LogP contribution in [0.25, 0.3) is 0 Å². The molecule has 1 heterocycles. The number of nitrogens with one attached hydrogen (secondary N) is 1. The number of hydrogen-bond donors (Lipinski definition) is 1. The minimum atomic E-state index is -0.202. The van der Waals surface area contributed by atoms with Gasteiger partial charge >= 0.3 is 12.0 Å². The number of hydrogen-bond acceptors (Lipinski definition) is 4. The number of para-hydroxylation sites is 1. The molecule has 35 heavy (non-hydrogen) atoms. The molecule has 3 rings (SSSR count). The number of amides is 3. The van der Waals surface area contributed by atoms with Gasteiger partial charge in [0.15, 0.2) is 0 Å². The number of carbonyl (C=O) groups is 3. The van der Waals surface area contributed by atoms with Gasteiger partial charge < -0.3 is 19.9 Å². The van der Waals surface area contributed by atoms with Gasteiger partial charge in [-0.3, -0.25) is 9.59 Å². The molecule has 1 aliphatic rings. The predicted molar refractivity (Wildman–Crippen MR) is 137 cm³/mol. The third-order valence-corrected chi connectivity index (χ3v) is 6.58. The number of esters is 1. The van der Waals surface area contributed by atoms with Gasteiger partial charge in [-0.1, -0.05) is 48.5 Å². The summed E-state index contributed by atoms with van der Waals surface area (Å²) in [5, 5.41) is 3.06. The van der Waals surface area contributed by atoms with Crippen LogP contribution in [0.3, 0.4) is 0 Å². The average molecular weight is 480 g/mol. The van der Waals surface area contributed by atoms with Crippen molar-refractivity contribution < 1.29 is 19.1 Å². The minimum Gasteiger partial charge on any atom is -0.466 e. The Morgan fingerprint density at radius 3 is 2.26 bits per heavy atom. The maximum absolute atomic E-state index is 13.2. The van der Waals surface area contributed by atoms with Crippen molar-refractivity contribution in [3.8, 4) is 0 Å². The number of aryl methyl sites for hydroxylation is 2. The Morgan fingerprint density at radius 1 is 0.971 bits per heavy atom. The first-order chi connectivity index (χ1) is 16.9. The van der Waals surface area contributed by atoms with Gasteiger partial charge in [-0.05, 0) is 56.7 Å². The molecule has 0 aliphatic carbocycles. The van der Waals surface area contributed by atoms with Crippen molar-refractivity contribution >= 4 is 23.6 Å². The number of carbonyl (C=O) groups excluding carboxylic acids is 3. The van der Waals surface area contributed by atoms with E-state index in [0.29, 0.717) is 52.0 Å². The lowest BCUT2D eigenvalue weighted by molar-refractivity contribution is -0.151. The molecule has 0 saturated carbocycles. The van der Waals surface area contributed by atoms with Gasteiger partial charge in [0, 0.05) is 38.3 Å². The zero-order valence-electron chi connectivity index (χ0n) is 21.1. The third kappa shape index (κ3) is 7.57. The van der Waals surface area contributed by atoms with Crippen LogP contribution in [0.5, 0.6) is 0 Å². The van der Waals surface area contributed by atoms with E-state index in [2.05, 4.69) is 5.32 Å². The van der Waals surface area contributed by atoms with Crippen molar-refractivity contribution in [3.05, 3.63) is 65.2 Å². The molecule has 3 amide bonds. The van der Waals surface area contributed by atoms with Gasteiger partial charge in [0.25, 0.3) is 0 Å². The summed E-state index contributed by atoms with van der Waals surface area (Å²) in [4.78, 5) is 41.7. The standard InChI is InChI=1S/C28H37N3O4/c1-4-35-27(33)24-14-18-30(19-15-24)25(32)16-20-31(17-13-23-11-6-5-7-12-23)28(34)29-26-21(2)9-8-10-22(26)3/h5-12,24H,4,13-20H2,1-3H3,(H,29,34). The first-order valence-electron chi connectivity index (χ1n) is 12.5. The highest BCUT2D eigenvalue weighted by Gasteiger charge is 2.28. The van der Waals surface area contributed by atoms with E-state index in [1.165, 1.54) is 0 Å². The minimum absolute atomic E-state index is 0.0110. The maximum Gasteiger partial charge on any atom is 0.321 e. The zero-order valence-corrected chi connectivity index (χ0v) is 21.1. The maximum atomic E-state index is 13.2. The molecule has 1 saturated heterocycles. The Hall–Kier alpha value is -3.35. The molecule has 7 heteroatoms. The van der Waals surface area contributed by atoms with Crippen LogP contribution in [0.1, 0.15) is 42.9 Å². The number of likely N-dealkylation sites (tertiary alicyclic amines) is 1. The molecule has 1 N–H and O–H groups in total. The van der Waals surface area contributed by atoms with Crippen LogP contribution in [-0.4, -0.2) is 60.5 Å². The summed E-state index contributed by atoms with van der Waals surface area (Å²) in [6.07, 6.45) is 2.20. The summed E-state index contributed by atoms with van der Waals surface area (Å²) < 4.78 is 5.12. The predicted octanol–water partition coefficient (Wildman–Crippen LogP) is 4.57. The van der Waals surface area contributed by atoms with E-state index in [4.69, 9.17) is 4.74 Å². The Labute approximate surface area is 208 Å². The number of benzene rings is 2. The first-order valence-corrected chi connectivity index (χ1v) is 12.5. The second-order valence-electron chi connectivity index (χ2n) is 9.08. The van der Waals surface area contributed by atoms with Crippen LogP contribution in [0, 0.1) is 19.8 Å². The summed E-state index contributed by atoms with van der Waals surface area (Å²) in [5.41, 5.74) is 3.96. The molecule has 188 valence electrons. The molecule has 0 bridgehead atoms. The zero-order chi connectivity index (χ0) is 25.2. The van der Waals surface area contributed by atoms with E-state index < -0.39 is 0 Å². The molecule has 0 atom stereocenters. The molecule has 0 radical (unpaired) electrons. The highest BCUT2D eigenvalue weighted by atomic mass is 16.5. The number of urea groups is 1. The van der Waals surface area contributed by atoms with Crippen LogP contribution >= 0.6 is 0 Å². The topological polar surface area (TPSA) is 79.0 Å². The normalized spacial score (nSPS) is 13.9. The summed E-state index contributed by atoms with van der Waals surface area (Å²) in [5.74, 6) is -0.295. The molecule has 2 aromatic carbocycles. The first kappa shape index (κ1) is 26.3. The lowest BCUT2D eigenvalue weighted by atomic mass is 9.97. The highest BCUT2D eigenvalue weighted by Crippen LogP contribution is 2.21. The molecule has 2 aromatic rings. The van der Waals surface area contributed by atoms with Crippen molar-refractivity contribution in [2.45, 2.75) is 46.5 Å². The van der Waals surface area contributed by atoms with Crippen molar-refractivity contribution in [1.29, 1.82) is 0 Å². The Bertz CT molecular complexity index is 980. The summed E-state index contributed by atoms with van der Waals surface area (Å²) in [6, 6.07) is 15.7. The van der Waals surface area contributed by atoms with Crippen LogP contribution < -0.4 is 5.32 Å². The van der Waals surface area contributed by atoms with Gasteiger partial charge in [0.1, 0.15) is 0 Å². The van der Waals surface area contributed by atoms with E-state index in [-0.39, 0.29) is 30.2 Å². The Kier molecular flexibility index (Phi) is 9.70. The van der Waals surface area contributed by atoms with E-state index in [1.54, 1.807) is 16.7 Å². The van der Waals surface area contributed by atoms with E-state index in [1.807, 2.05) is 62.4 Å². The van der Waals surface area contributed by atoms with Crippen molar-refractivity contribution in [3.63, 3.8) is 0 Å². The summed E-state index contributed by atoms with van der Waals surface area (Å²) in [6.45, 7) is 8.05. The van der Waals surface area contributed by atoms with E-state index in [9.17, 15) is 14.4 Å². The molecule has 0 aromatic heterocycles. The fourth-order valence-corrected chi connectivity index (χ4v) is 4.43. The van der Waals surface area contributed by atoms with E-state index >= 15 is 0 Å². The van der Waals surface area contributed by atoms with Crippen molar-refractivity contribution in [1.82, 2.24) is 9.80 Å². The molecular formula is C28H37N3O4. The summed E-state index contributed by atoms with van der Waals surface area (Å²) >= 11 is 0. The fraction of sp³-hybridized carbons (Fsp3) is 0.464. The van der Waals surface area contributed by atoms with Crippen LogP contribution in [-0.2, 0) is 20.7 Å². The largest absolute Gasteiger partial charge is 0.466 e. The number of piperidine rings is 1. The second kappa shape index (κ2) is 12.9. The number of nitrogens with zero attached hydrogens (tertiary/aromatic N) is 2. The summed E-state index contributed by atoms with van der Waals surface area (Å²) in [7, 11) is 0. The third-order valence-electron chi connectivity index (χ3n) is 6.58. The molecule has 7 nitrogen and oxygen atoms in total. The number of anilines is 1. The fourth-order valence-electron chi connectivity index (χ4n) is 4.43. The van der Waals surface area contributed by atoms with Gasteiger partial charge in [0.2, 0.25) is 5.91 Å². The number of ether oxygens (including phenoxy) is 1. The molecule has 0 spiro atoms. The van der Waals surface area contributed by atoms with Gasteiger partial charge in [-0.15, -0.1) is 0 Å². The van der Waals surface area contributed by atoms with Crippen LogP contribution in [0.4, 0.5) is 10.5 Å². The molecule has 0 unspecified atom stereocenters. The monoisotopic (exact) mass is 479 g/mol. The lowest BCUT2D eigenvalue weighted by Gasteiger charge is -2.32. The average Bonchev–Trinajstić information content (AvgIpc) is 2.87. The SMILES string of the molecule is CCOC(=O)C1CCN(C(=O)CCN(CCc2ccccc2)C(=O)Nc2c(C)cccc2C)CC1. The van der Waals surface area contributed by atoms with Gasteiger partial charge in [-0.2, -0.15) is 0 Å². The molecule has 1 fully saturated rings. The van der Waals surface area contributed by atoms with Gasteiger partial charge in [0.05, 0.1) is 12.5 Å². The van der Waals surface area contributed by atoms with Gasteiger partial charge in [-0.25, -0.2) is 4.79 Å². The highest BCUT2D eigenvalue weighted by molar-refractivity contribution is 5.91. The lowest BCUT2D eigenvalue weighted by Crippen LogP contribution is -2.43. The van der Waals surface area contributed by atoms with Crippen LogP contribution in [0.2, 0.25) is 0 Å². The Balaban J connectivity index is 1.60. The molecule has 1 aliphatic heterocycles. The van der Waals surface area contributed by atoms with E-state index in [0.717, 1.165) is 22.4 Å². The molecular weight excluding hydrogens is 442 g/mol. The number of rotatable bonds is 9. The van der Waals surface area contributed by atoms with Crippen LogP contribution in [0.15, 0.2) is 48.5 Å².